The van der Waals surface area contributed by atoms with E-state index in [1.54, 1.807) is 0 Å². The molecule has 0 aliphatic rings. The summed E-state index contributed by atoms with van der Waals surface area (Å²) in [6.45, 7) is 0. The van der Waals surface area contributed by atoms with Crippen LogP contribution in [0, 0.1) is 0 Å². The van der Waals surface area contributed by atoms with Gasteiger partial charge < -0.3 is 9.47 Å². The zero-order valence-corrected chi connectivity index (χ0v) is 32.8. The molecule has 0 saturated carbocycles. The summed E-state index contributed by atoms with van der Waals surface area (Å²) >= 11 is 0. The van der Waals surface area contributed by atoms with Crippen LogP contribution in [-0.2, 0) is 0 Å². The first-order valence-electron chi connectivity index (χ1n) is 20.7. The molecule has 12 rings (SSSR count). The van der Waals surface area contributed by atoms with Crippen LogP contribution in [0.2, 0.25) is 0 Å². The summed E-state index contributed by atoms with van der Waals surface area (Å²) in [7, 11) is 0. The summed E-state index contributed by atoms with van der Waals surface area (Å²) in [4.78, 5) is 2.52. The molecule has 0 aliphatic heterocycles. The van der Waals surface area contributed by atoms with Crippen LogP contribution in [-0.4, -0.2) is 4.57 Å². The molecule has 280 valence electrons. The number of rotatable bonds is 6. The van der Waals surface area contributed by atoms with Gasteiger partial charge in [-0.3, -0.25) is 0 Å². The minimum absolute atomic E-state index is 1.10. The standard InChI is InChI=1S/C58H38N2/c1-3-16-39(17-4-1)40-30-33-46(34-31-40)59(54-36-42-19-8-11-25-49(42)51-27-13-14-28-52(51)54)56-38-43-20-9-12-26-50(43)58-57(56)53-35-32-44(37-55(53)60(58)45-22-5-2-6-23-45)48-29-15-21-41-18-7-10-24-47(41)48/h1-38H. The van der Waals surface area contributed by atoms with Gasteiger partial charge in [0.2, 0.25) is 0 Å². The molecule has 0 atom stereocenters. The molecule has 0 saturated heterocycles. The van der Waals surface area contributed by atoms with E-state index in [1.807, 2.05) is 0 Å². The van der Waals surface area contributed by atoms with E-state index < -0.39 is 0 Å². The van der Waals surface area contributed by atoms with E-state index >= 15 is 0 Å². The van der Waals surface area contributed by atoms with Gasteiger partial charge in [-0.15, -0.1) is 0 Å². The average Bonchev–Trinajstić information content (AvgIpc) is 3.67. The van der Waals surface area contributed by atoms with Gasteiger partial charge in [0.25, 0.3) is 0 Å². The zero-order valence-electron chi connectivity index (χ0n) is 32.8. The molecule has 0 spiro atoms. The lowest BCUT2D eigenvalue weighted by molar-refractivity contribution is 1.19. The van der Waals surface area contributed by atoms with Gasteiger partial charge in [0.1, 0.15) is 0 Å². The Labute approximate surface area is 348 Å². The number of aromatic nitrogens is 1. The SMILES string of the molecule is c1ccc(-c2ccc(N(c3cc4ccccc4c4ccccc34)c3cc4ccccc4c4c3c3ccc(-c5cccc6ccccc56)cc3n4-c3ccccc3)cc2)cc1. The predicted molar refractivity (Wildman–Crippen MR) is 256 cm³/mol. The molecule has 1 aromatic heterocycles. The van der Waals surface area contributed by atoms with Crippen molar-refractivity contribution in [2.75, 3.05) is 4.90 Å². The van der Waals surface area contributed by atoms with Crippen molar-refractivity contribution in [3.8, 4) is 27.9 Å². The molecule has 0 bridgehead atoms. The molecule has 12 aromatic rings. The van der Waals surface area contributed by atoms with E-state index in [0.717, 1.165) is 22.7 Å². The maximum atomic E-state index is 2.52. The van der Waals surface area contributed by atoms with Gasteiger partial charge in [-0.2, -0.15) is 0 Å². The van der Waals surface area contributed by atoms with Crippen LogP contribution < -0.4 is 4.90 Å². The third kappa shape index (κ3) is 5.42. The van der Waals surface area contributed by atoms with Crippen LogP contribution >= 0.6 is 0 Å². The van der Waals surface area contributed by atoms with Gasteiger partial charge in [-0.25, -0.2) is 0 Å². The maximum Gasteiger partial charge on any atom is 0.0640 e. The van der Waals surface area contributed by atoms with Crippen molar-refractivity contribution in [2.24, 2.45) is 0 Å². The molecule has 0 unspecified atom stereocenters. The highest BCUT2D eigenvalue weighted by Gasteiger charge is 2.25. The highest BCUT2D eigenvalue weighted by Crippen LogP contribution is 2.50. The fourth-order valence-electron chi connectivity index (χ4n) is 9.59. The summed E-state index contributed by atoms with van der Waals surface area (Å²) in [6, 6.07) is 84.4. The normalized spacial score (nSPS) is 11.7. The second-order valence-corrected chi connectivity index (χ2v) is 15.7. The van der Waals surface area contributed by atoms with Gasteiger partial charge in [0.05, 0.1) is 22.4 Å². The quantitative estimate of drug-likeness (QED) is 0.153. The maximum absolute atomic E-state index is 2.52. The number of nitrogens with zero attached hydrogens (tertiary/aromatic N) is 2. The van der Waals surface area contributed by atoms with E-state index in [9.17, 15) is 0 Å². The van der Waals surface area contributed by atoms with Crippen LogP contribution in [0.4, 0.5) is 17.1 Å². The monoisotopic (exact) mass is 762 g/mol. The second kappa shape index (κ2) is 13.9. The lowest BCUT2D eigenvalue weighted by Crippen LogP contribution is -2.11. The Hall–Kier alpha value is -7.94. The number of anilines is 3. The summed E-state index contributed by atoms with van der Waals surface area (Å²) in [6.07, 6.45) is 0. The molecule has 1 heterocycles. The Balaban J connectivity index is 1.23. The lowest BCUT2D eigenvalue weighted by atomic mass is 9.96. The number of benzene rings is 11. The van der Waals surface area contributed by atoms with Crippen molar-refractivity contribution in [1.82, 2.24) is 4.57 Å². The van der Waals surface area contributed by atoms with E-state index in [0.29, 0.717) is 0 Å². The predicted octanol–water partition coefficient (Wildman–Crippen LogP) is 16.2. The molecule has 0 aliphatic carbocycles. The van der Waals surface area contributed by atoms with Crippen LogP contribution in [0.1, 0.15) is 0 Å². The molecule has 2 heteroatoms. The third-order valence-corrected chi connectivity index (χ3v) is 12.3. The molecule has 11 aromatic carbocycles. The topological polar surface area (TPSA) is 8.17 Å². The Morgan fingerprint density at radius 1 is 0.317 bits per heavy atom. The minimum atomic E-state index is 1.10. The van der Waals surface area contributed by atoms with Crippen molar-refractivity contribution in [3.63, 3.8) is 0 Å². The van der Waals surface area contributed by atoms with Crippen LogP contribution in [0.5, 0.6) is 0 Å². The molecule has 60 heavy (non-hydrogen) atoms. The number of hydrogen-bond donors (Lipinski definition) is 0. The number of para-hydroxylation sites is 1. The largest absolute Gasteiger partial charge is 0.309 e. The van der Waals surface area contributed by atoms with Gasteiger partial charge >= 0.3 is 0 Å². The van der Waals surface area contributed by atoms with Crippen molar-refractivity contribution >= 4 is 82.0 Å². The van der Waals surface area contributed by atoms with Crippen LogP contribution in [0.15, 0.2) is 231 Å². The van der Waals surface area contributed by atoms with E-state index in [1.165, 1.54) is 87.1 Å². The molecule has 0 N–H and O–H groups in total. The summed E-state index contributed by atoms with van der Waals surface area (Å²) in [5, 5.41) is 12.2. The van der Waals surface area contributed by atoms with Crippen LogP contribution in [0.3, 0.4) is 0 Å². The van der Waals surface area contributed by atoms with Crippen LogP contribution in [0.25, 0.3) is 92.8 Å². The fourth-order valence-corrected chi connectivity index (χ4v) is 9.59. The highest BCUT2D eigenvalue weighted by molar-refractivity contribution is 6.26. The molecule has 2 nitrogen and oxygen atoms in total. The average molecular weight is 763 g/mol. The van der Waals surface area contributed by atoms with Gasteiger partial charge in [0.15, 0.2) is 0 Å². The Morgan fingerprint density at radius 3 is 1.63 bits per heavy atom. The van der Waals surface area contributed by atoms with Gasteiger partial charge in [0, 0.05) is 32.9 Å². The first kappa shape index (κ1) is 34.1. The van der Waals surface area contributed by atoms with E-state index in [2.05, 4.69) is 240 Å². The Bertz CT molecular complexity index is 3580. The van der Waals surface area contributed by atoms with E-state index in [-0.39, 0.29) is 0 Å². The Morgan fingerprint density at radius 2 is 0.867 bits per heavy atom. The third-order valence-electron chi connectivity index (χ3n) is 12.3. The van der Waals surface area contributed by atoms with Crippen molar-refractivity contribution < 1.29 is 0 Å². The first-order valence-corrected chi connectivity index (χ1v) is 20.7. The fraction of sp³-hybridized carbons (Fsp3) is 0. The molecular formula is C58H38N2. The lowest BCUT2D eigenvalue weighted by Gasteiger charge is -2.29. The smallest absolute Gasteiger partial charge is 0.0640 e. The summed E-state index contributed by atoms with van der Waals surface area (Å²) < 4.78 is 2.50. The number of hydrogen-bond acceptors (Lipinski definition) is 1. The first-order chi connectivity index (χ1) is 29.8. The zero-order chi connectivity index (χ0) is 39.6. The van der Waals surface area contributed by atoms with Gasteiger partial charge in [-0.05, 0) is 97.0 Å². The second-order valence-electron chi connectivity index (χ2n) is 15.7. The summed E-state index contributed by atoms with van der Waals surface area (Å²) in [5.74, 6) is 0. The summed E-state index contributed by atoms with van der Waals surface area (Å²) in [5.41, 5.74) is 11.7. The van der Waals surface area contributed by atoms with Gasteiger partial charge in [-0.1, -0.05) is 188 Å². The Kier molecular flexibility index (Phi) is 7.89. The van der Waals surface area contributed by atoms with Crippen molar-refractivity contribution in [2.45, 2.75) is 0 Å². The van der Waals surface area contributed by atoms with E-state index in [4.69, 9.17) is 0 Å². The molecular weight excluding hydrogens is 725 g/mol. The minimum Gasteiger partial charge on any atom is -0.309 e. The molecule has 0 radical (unpaired) electrons. The molecule has 0 amide bonds. The highest BCUT2D eigenvalue weighted by atomic mass is 15.1. The van der Waals surface area contributed by atoms with Crippen molar-refractivity contribution in [3.05, 3.63) is 231 Å². The number of fused-ring (bicyclic) bond motifs is 9. The molecule has 0 fully saturated rings. The van der Waals surface area contributed by atoms with Crippen molar-refractivity contribution in [1.29, 1.82) is 0 Å².